The van der Waals surface area contributed by atoms with E-state index in [0.29, 0.717) is 23.6 Å². The monoisotopic (exact) mass is 445 g/mol. The van der Waals surface area contributed by atoms with Crippen LogP contribution in [0.15, 0.2) is 46.8 Å². The van der Waals surface area contributed by atoms with Gasteiger partial charge in [0.15, 0.2) is 0 Å². The van der Waals surface area contributed by atoms with Crippen LogP contribution in [0.4, 0.5) is 5.69 Å². The SMILES string of the molecule is CCCCONC(=O)C1=C(C)NC(C)=C(C(=O)OCC(C)C)C1c1cccc([N+](=O)[O-])c1. The maximum atomic E-state index is 13.1. The van der Waals surface area contributed by atoms with E-state index in [4.69, 9.17) is 9.57 Å². The van der Waals surface area contributed by atoms with Gasteiger partial charge in [-0.3, -0.25) is 19.7 Å². The highest BCUT2D eigenvalue weighted by atomic mass is 16.7. The third-order valence-corrected chi connectivity index (χ3v) is 4.95. The Morgan fingerprint density at radius 2 is 1.91 bits per heavy atom. The van der Waals surface area contributed by atoms with Gasteiger partial charge in [0.25, 0.3) is 11.6 Å². The summed E-state index contributed by atoms with van der Waals surface area (Å²) in [5.41, 5.74) is 4.26. The summed E-state index contributed by atoms with van der Waals surface area (Å²) in [5.74, 6) is -1.83. The molecule has 1 heterocycles. The van der Waals surface area contributed by atoms with Crippen LogP contribution in [0.1, 0.15) is 58.9 Å². The quantitative estimate of drug-likeness (QED) is 0.243. The topological polar surface area (TPSA) is 120 Å². The molecule has 0 saturated carbocycles. The van der Waals surface area contributed by atoms with E-state index in [1.807, 2.05) is 20.8 Å². The van der Waals surface area contributed by atoms with Crippen molar-refractivity contribution in [3.05, 3.63) is 62.5 Å². The normalized spacial score (nSPS) is 16.1. The number of dihydropyridines is 1. The molecule has 32 heavy (non-hydrogen) atoms. The zero-order chi connectivity index (χ0) is 23.8. The Kier molecular flexibility index (Phi) is 8.95. The van der Waals surface area contributed by atoms with E-state index in [0.717, 1.165) is 12.8 Å². The molecule has 174 valence electrons. The predicted octanol–water partition coefficient (Wildman–Crippen LogP) is 3.88. The van der Waals surface area contributed by atoms with Crippen LogP contribution in [0, 0.1) is 16.0 Å². The lowest BCUT2D eigenvalue weighted by atomic mass is 9.80. The molecule has 2 N–H and O–H groups in total. The molecule has 2 rings (SSSR count). The highest BCUT2D eigenvalue weighted by Gasteiger charge is 2.38. The van der Waals surface area contributed by atoms with E-state index < -0.39 is 22.7 Å². The van der Waals surface area contributed by atoms with Crippen LogP contribution in [0.2, 0.25) is 0 Å². The van der Waals surface area contributed by atoms with Crippen molar-refractivity contribution in [2.45, 2.75) is 53.4 Å². The van der Waals surface area contributed by atoms with Gasteiger partial charge in [-0.1, -0.05) is 39.3 Å². The van der Waals surface area contributed by atoms with Crippen molar-refractivity contribution in [3.8, 4) is 0 Å². The van der Waals surface area contributed by atoms with Crippen LogP contribution >= 0.6 is 0 Å². The molecule has 0 fully saturated rings. The van der Waals surface area contributed by atoms with Crippen LogP contribution < -0.4 is 10.8 Å². The predicted molar refractivity (Wildman–Crippen MR) is 119 cm³/mol. The third kappa shape index (κ3) is 6.16. The number of nitro benzene ring substituents is 1. The average Bonchev–Trinajstić information content (AvgIpc) is 2.74. The van der Waals surface area contributed by atoms with E-state index in [2.05, 4.69) is 10.8 Å². The van der Waals surface area contributed by atoms with Crippen molar-refractivity contribution >= 4 is 17.6 Å². The fraction of sp³-hybridized carbons (Fsp3) is 0.478. The number of rotatable bonds is 10. The molecule has 9 nitrogen and oxygen atoms in total. The van der Waals surface area contributed by atoms with Gasteiger partial charge < -0.3 is 10.1 Å². The fourth-order valence-electron chi connectivity index (χ4n) is 3.43. The summed E-state index contributed by atoms with van der Waals surface area (Å²) in [4.78, 5) is 42.2. The van der Waals surface area contributed by atoms with Crippen molar-refractivity contribution in [2.75, 3.05) is 13.2 Å². The summed E-state index contributed by atoms with van der Waals surface area (Å²) < 4.78 is 5.46. The smallest absolute Gasteiger partial charge is 0.336 e. The number of benzene rings is 1. The molecule has 1 amide bonds. The van der Waals surface area contributed by atoms with Crippen molar-refractivity contribution in [1.82, 2.24) is 10.8 Å². The Labute approximate surface area is 188 Å². The molecular formula is C23H31N3O6. The number of allylic oxidation sites excluding steroid dienone is 2. The number of unbranched alkanes of at least 4 members (excludes halogenated alkanes) is 1. The highest BCUT2D eigenvalue weighted by molar-refractivity contribution is 6.01. The molecule has 1 aliphatic heterocycles. The minimum absolute atomic E-state index is 0.125. The van der Waals surface area contributed by atoms with Gasteiger partial charge >= 0.3 is 5.97 Å². The first-order valence-electron chi connectivity index (χ1n) is 10.7. The van der Waals surface area contributed by atoms with E-state index in [-0.39, 0.29) is 29.4 Å². The van der Waals surface area contributed by atoms with Gasteiger partial charge in [-0.2, -0.15) is 0 Å². The second-order valence-electron chi connectivity index (χ2n) is 8.11. The molecular weight excluding hydrogens is 414 g/mol. The summed E-state index contributed by atoms with van der Waals surface area (Å²) in [6, 6.07) is 5.93. The van der Waals surface area contributed by atoms with Gasteiger partial charge in [0, 0.05) is 23.5 Å². The van der Waals surface area contributed by atoms with E-state index in [1.54, 1.807) is 19.9 Å². The maximum absolute atomic E-state index is 13.1. The second kappa shape index (κ2) is 11.4. The zero-order valence-corrected chi connectivity index (χ0v) is 19.2. The molecule has 1 aliphatic rings. The van der Waals surface area contributed by atoms with Gasteiger partial charge in [-0.15, -0.1) is 0 Å². The molecule has 0 aliphatic carbocycles. The van der Waals surface area contributed by atoms with Crippen molar-refractivity contribution < 1.29 is 24.1 Å². The largest absolute Gasteiger partial charge is 0.462 e. The number of nitrogens with one attached hydrogen (secondary N) is 2. The molecule has 0 spiro atoms. The lowest BCUT2D eigenvalue weighted by molar-refractivity contribution is -0.384. The number of hydrogen-bond donors (Lipinski definition) is 2. The molecule has 0 aromatic heterocycles. The molecule has 0 radical (unpaired) electrons. The second-order valence-corrected chi connectivity index (χ2v) is 8.11. The molecule has 1 atom stereocenters. The lowest BCUT2D eigenvalue weighted by Crippen LogP contribution is -2.37. The first-order chi connectivity index (χ1) is 15.2. The Morgan fingerprint density at radius 3 is 2.53 bits per heavy atom. The zero-order valence-electron chi connectivity index (χ0n) is 19.2. The summed E-state index contributed by atoms with van der Waals surface area (Å²) in [6.45, 7) is 9.83. The van der Waals surface area contributed by atoms with Crippen LogP contribution in [0.3, 0.4) is 0 Å². The Hall–Kier alpha value is -3.20. The van der Waals surface area contributed by atoms with Gasteiger partial charge in [0.05, 0.1) is 35.2 Å². The molecule has 1 unspecified atom stereocenters. The molecule has 0 bridgehead atoms. The third-order valence-electron chi connectivity index (χ3n) is 4.95. The average molecular weight is 446 g/mol. The lowest BCUT2D eigenvalue weighted by Gasteiger charge is -2.31. The van der Waals surface area contributed by atoms with Crippen LogP contribution in [-0.2, 0) is 19.2 Å². The molecule has 1 aromatic rings. The minimum atomic E-state index is -0.856. The number of hydrogen-bond acceptors (Lipinski definition) is 7. The Balaban J connectivity index is 2.52. The van der Waals surface area contributed by atoms with E-state index >= 15 is 0 Å². The van der Waals surface area contributed by atoms with E-state index in [1.165, 1.54) is 18.2 Å². The van der Waals surface area contributed by atoms with Gasteiger partial charge in [-0.25, -0.2) is 10.3 Å². The van der Waals surface area contributed by atoms with Gasteiger partial charge in [0.2, 0.25) is 0 Å². The summed E-state index contributed by atoms with van der Waals surface area (Å²) in [5, 5.41) is 14.4. The minimum Gasteiger partial charge on any atom is -0.462 e. The van der Waals surface area contributed by atoms with Crippen LogP contribution in [0.25, 0.3) is 0 Å². The number of ether oxygens (including phenoxy) is 1. The van der Waals surface area contributed by atoms with Crippen molar-refractivity contribution in [2.24, 2.45) is 5.92 Å². The number of amides is 1. The standard InChI is InChI=1S/C23H31N3O6/c1-6-7-11-32-25-22(27)19-15(4)24-16(5)20(23(28)31-13-14(2)3)21(19)17-9-8-10-18(12-17)26(29)30/h8-10,12,14,21,24H,6-7,11,13H2,1-5H3,(H,25,27). The number of nitrogens with zero attached hydrogens (tertiary/aromatic N) is 1. The summed E-state index contributed by atoms with van der Waals surface area (Å²) >= 11 is 0. The number of esters is 1. The van der Waals surface area contributed by atoms with E-state index in [9.17, 15) is 19.7 Å². The van der Waals surface area contributed by atoms with Gasteiger partial charge in [-0.05, 0) is 31.7 Å². The number of carbonyl (C=O) groups excluding carboxylic acids is 2. The highest BCUT2D eigenvalue weighted by Crippen LogP contribution is 2.39. The molecule has 0 saturated heterocycles. The maximum Gasteiger partial charge on any atom is 0.336 e. The number of carbonyl (C=O) groups is 2. The summed E-state index contributed by atoms with van der Waals surface area (Å²) in [6.07, 6.45) is 1.68. The number of hydroxylamine groups is 1. The number of nitro groups is 1. The van der Waals surface area contributed by atoms with Gasteiger partial charge in [0.1, 0.15) is 0 Å². The Bertz CT molecular complexity index is 935. The first-order valence-corrected chi connectivity index (χ1v) is 10.7. The Morgan fingerprint density at radius 1 is 1.22 bits per heavy atom. The van der Waals surface area contributed by atoms with Crippen LogP contribution in [0.5, 0.6) is 0 Å². The molecule has 1 aromatic carbocycles. The summed E-state index contributed by atoms with van der Waals surface area (Å²) in [7, 11) is 0. The van der Waals surface area contributed by atoms with Crippen molar-refractivity contribution in [1.29, 1.82) is 0 Å². The first kappa shape index (κ1) is 25.1. The van der Waals surface area contributed by atoms with Crippen molar-refractivity contribution in [3.63, 3.8) is 0 Å². The van der Waals surface area contributed by atoms with Crippen LogP contribution in [-0.4, -0.2) is 30.0 Å². The molecule has 9 heteroatoms. The number of non-ortho nitro benzene ring substituents is 1. The fourth-order valence-corrected chi connectivity index (χ4v) is 3.43.